The zero-order valence-electron chi connectivity index (χ0n) is 20.8. The van der Waals surface area contributed by atoms with Crippen LogP contribution in [0.3, 0.4) is 0 Å². The Kier molecular flexibility index (Phi) is 7.61. The summed E-state index contributed by atoms with van der Waals surface area (Å²) < 4.78 is 46.0. The van der Waals surface area contributed by atoms with Gasteiger partial charge in [-0.05, 0) is 42.3 Å². The van der Waals surface area contributed by atoms with Crippen molar-refractivity contribution in [1.29, 1.82) is 0 Å². The van der Waals surface area contributed by atoms with Crippen LogP contribution in [0.15, 0.2) is 90.0 Å². The molecule has 2 heterocycles. The molecule has 5 rings (SSSR count). The summed E-state index contributed by atoms with van der Waals surface area (Å²) >= 11 is 4.09. The van der Waals surface area contributed by atoms with Gasteiger partial charge in [-0.15, -0.1) is 12.6 Å². The Labute approximate surface area is 229 Å². The lowest BCUT2D eigenvalue weighted by atomic mass is 9.92. The first kappa shape index (κ1) is 26.7. The third-order valence-corrected chi connectivity index (χ3v) is 7.09. The maximum absolute atomic E-state index is 13.5. The molecular formula is C30H25F3N2O3S. The topological polar surface area (TPSA) is 59.5 Å². The number of fused-ring (bicyclic) bond motifs is 1. The highest BCUT2D eigenvalue weighted by Gasteiger charge is 2.36. The number of amides is 1. The normalized spacial score (nSPS) is 17.7. The summed E-state index contributed by atoms with van der Waals surface area (Å²) in [4.78, 5) is 32.4. The predicted molar refractivity (Wildman–Crippen MR) is 144 cm³/mol. The molecule has 0 bridgehead atoms. The third kappa shape index (κ3) is 6.25. The van der Waals surface area contributed by atoms with Crippen LogP contribution in [0.4, 0.5) is 13.2 Å². The van der Waals surface area contributed by atoms with Crippen LogP contribution >= 0.6 is 12.6 Å². The summed E-state index contributed by atoms with van der Waals surface area (Å²) in [6, 6.07) is 21.4. The summed E-state index contributed by atoms with van der Waals surface area (Å²) in [5, 5.41) is 0.818. The molecule has 0 radical (unpaired) electrons. The van der Waals surface area contributed by atoms with Gasteiger partial charge in [0, 0.05) is 47.5 Å². The molecule has 9 heteroatoms. The van der Waals surface area contributed by atoms with Gasteiger partial charge in [0.2, 0.25) is 0 Å². The number of halogens is 3. The molecule has 4 aromatic rings. The number of ether oxygens (including phenoxy) is 1. The van der Waals surface area contributed by atoms with E-state index < -0.39 is 29.7 Å². The maximum atomic E-state index is 13.5. The number of pyridine rings is 1. The van der Waals surface area contributed by atoms with Crippen LogP contribution in [0.5, 0.6) is 0 Å². The number of likely N-dealkylation sites (tertiary alicyclic amines) is 1. The molecular weight excluding hydrogens is 525 g/mol. The molecule has 5 nitrogen and oxygen atoms in total. The Hall–Kier alpha value is -3.85. The van der Waals surface area contributed by atoms with Crippen LogP contribution in [-0.2, 0) is 17.3 Å². The van der Waals surface area contributed by atoms with Crippen LogP contribution in [-0.4, -0.2) is 40.5 Å². The van der Waals surface area contributed by atoms with Gasteiger partial charge in [-0.3, -0.25) is 9.78 Å². The van der Waals surface area contributed by atoms with Gasteiger partial charge in [0.25, 0.3) is 5.91 Å². The second kappa shape index (κ2) is 11.1. The number of alkyl halides is 3. The molecule has 1 saturated heterocycles. The average Bonchev–Trinajstić information content (AvgIpc) is 2.92. The van der Waals surface area contributed by atoms with E-state index in [0.717, 1.165) is 28.6 Å². The first-order valence-electron chi connectivity index (χ1n) is 12.5. The number of carbonyl (C=O) groups is 2. The van der Waals surface area contributed by atoms with Gasteiger partial charge in [0.15, 0.2) is 0 Å². The number of aromatic nitrogens is 1. The van der Waals surface area contributed by atoms with Gasteiger partial charge in [-0.1, -0.05) is 48.5 Å². The molecule has 1 amide bonds. The van der Waals surface area contributed by atoms with Gasteiger partial charge in [-0.25, -0.2) is 4.79 Å². The Balaban J connectivity index is 1.37. The van der Waals surface area contributed by atoms with Crippen molar-refractivity contribution in [3.8, 4) is 0 Å². The molecule has 1 aromatic heterocycles. The van der Waals surface area contributed by atoms with Crippen molar-refractivity contribution in [1.82, 2.24) is 9.88 Å². The molecule has 0 N–H and O–H groups in total. The average molecular weight is 551 g/mol. The lowest BCUT2D eigenvalue weighted by molar-refractivity contribution is -0.137. The van der Waals surface area contributed by atoms with E-state index in [1.54, 1.807) is 11.0 Å². The minimum Gasteiger partial charge on any atom is -0.459 e. The first-order chi connectivity index (χ1) is 18.7. The highest BCUT2D eigenvalue weighted by Crippen LogP contribution is 2.33. The summed E-state index contributed by atoms with van der Waals surface area (Å²) in [5.41, 5.74) is 1.06. The predicted octanol–water partition coefficient (Wildman–Crippen LogP) is 6.62. The van der Waals surface area contributed by atoms with Crippen molar-refractivity contribution >= 4 is 35.4 Å². The van der Waals surface area contributed by atoms with Crippen LogP contribution in [0.1, 0.15) is 44.7 Å². The summed E-state index contributed by atoms with van der Waals surface area (Å²) in [7, 11) is 0. The highest BCUT2D eigenvalue weighted by molar-refractivity contribution is 7.80. The van der Waals surface area contributed by atoms with E-state index in [9.17, 15) is 22.8 Å². The Morgan fingerprint density at radius 1 is 0.974 bits per heavy atom. The number of para-hydroxylation sites is 1. The van der Waals surface area contributed by atoms with E-state index in [0.29, 0.717) is 24.8 Å². The Morgan fingerprint density at radius 2 is 1.72 bits per heavy atom. The first-order valence-corrected chi connectivity index (χ1v) is 12.9. The number of hydrogen-bond donors (Lipinski definition) is 1. The molecule has 1 fully saturated rings. The number of hydrogen-bond acceptors (Lipinski definition) is 5. The van der Waals surface area contributed by atoms with Crippen molar-refractivity contribution in [3.63, 3.8) is 0 Å². The zero-order chi connectivity index (χ0) is 27.6. The van der Waals surface area contributed by atoms with Gasteiger partial charge in [-0.2, -0.15) is 13.2 Å². The number of nitrogens with zero attached hydrogens (tertiary/aromatic N) is 2. The maximum Gasteiger partial charge on any atom is 0.416 e. The molecule has 0 spiro atoms. The number of piperidine rings is 1. The van der Waals surface area contributed by atoms with Gasteiger partial charge < -0.3 is 9.64 Å². The second-order valence-corrected chi connectivity index (χ2v) is 10.1. The monoisotopic (exact) mass is 550 g/mol. The Bertz CT molecular complexity index is 1510. The fraction of sp³-hybridized carbons (Fsp3) is 0.233. The number of carbonyl (C=O) groups excluding carboxylic acids is 2. The van der Waals surface area contributed by atoms with E-state index in [1.807, 2.05) is 54.6 Å². The fourth-order valence-corrected chi connectivity index (χ4v) is 5.21. The minimum absolute atomic E-state index is 0.0561. The van der Waals surface area contributed by atoms with Gasteiger partial charge in [0.05, 0.1) is 16.6 Å². The molecule has 0 saturated carbocycles. The van der Waals surface area contributed by atoms with Gasteiger partial charge in [0.1, 0.15) is 6.10 Å². The number of thiol groups is 1. The second-order valence-electron chi connectivity index (χ2n) is 9.58. The Morgan fingerprint density at radius 3 is 2.49 bits per heavy atom. The van der Waals surface area contributed by atoms with E-state index in [2.05, 4.69) is 17.6 Å². The largest absolute Gasteiger partial charge is 0.459 e. The van der Waals surface area contributed by atoms with Crippen LogP contribution in [0, 0.1) is 0 Å². The lowest BCUT2D eigenvalue weighted by Gasteiger charge is -2.39. The van der Waals surface area contributed by atoms with Crippen molar-refractivity contribution in [2.24, 2.45) is 0 Å². The summed E-state index contributed by atoms with van der Waals surface area (Å²) in [5.74, 6) is -1.02. The smallest absolute Gasteiger partial charge is 0.416 e. The molecule has 200 valence electrons. The molecule has 2 atom stereocenters. The minimum atomic E-state index is -4.60. The molecule has 0 aliphatic carbocycles. The zero-order valence-corrected chi connectivity index (χ0v) is 21.7. The SMILES string of the molecule is O=C(O[C@H]1CCN(C(=O)c2cc(S)cc(C(F)(F)F)c2)[C@H](Cc2ccccc2)C1)c1cnc2ccccc2c1. The number of benzene rings is 3. The summed E-state index contributed by atoms with van der Waals surface area (Å²) in [6.07, 6.45) is -2.42. The quantitative estimate of drug-likeness (QED) is 0.224. The number of rotatable bonds is 5. The van der Waals surface area contributed by atoms with Crippen LogP contribution in [0.2, 0.25) is 0 Å². The molecule has 0 unspecified atom stereocenters. The van der Waals surface area contributed by atoms with Crippen molar-refractivity contribution in [3.05, 3.63) is 107 Å². The van der Waals surface area contributed by atoms with Gasteiger partial charge >= 0.3 is 12.1 Å². The molecule has 1 aliphatic heterocycles. The van der Waals surface area contributed by atoms with E-state index >= 15 is 0 Å². The van der Waals surface area contributed by atoms with Crippen LogP contribution < -0.4 is 0 Å². The van der Waals surface area contributed by atoms with Crippen molar-refractivity contribution in [2.45, 2.75) is 42.5 Å². The molecule has 3 aromatic carbocycles. The van der Waals surface area contributed by atoms with Crippen LogP contribution in [0.25, 0.3) is 10.9 Å². The third-order valence-electron chi connectivity index (χ3n) is 6.83. The summed E-state index contributed by atoms with van der Waals surface area (Å²) in [6.45, 7) is 0.225. The van der Waals surface area contributed by atoms with E-state index in [-0.39, 0.29) is 23.0 Å². The number of esters is 1. The van der Waals surface area contributed by atoms with Crippen molar-refractivity contribution < 1.29 is 27.5 Å². The van der Waals surface area contributed by atoms with Crippen molar-refractivity contribution in [2.75, 3.05) is 6.54 Å². The van der Waals surface area contributed by atoms with E-state index in [4.69, 9.17) is 4.74 Å². The fourth-order valence-electron chi connectivity index (χ4n) is 4.93. The lowest BCUT2D eigenvalue weighted by Crippen LogP contribution is -2.49. The molecule has 1 aliphatic rings. The molecule has 39 heavy (non-hydrogen) atoms. The van der Waals surface area contributed by atoms with E-state index in [1.165, 1.54) is 12.3 Å². The highest BCUT2D eigenvalue weighted by atomic mass is 32.1. The standard InChI is InChI=1S/C30H25F3N2O3S/c31-30(32,33)23-14-21(15-26(39)16-23)28(36)35-11-10-25(17-24(35)12-19-6-2-1-3-7-19)38-29(37)22-13-20-8-4-5-9-27(20)34-18-22/h1-9,13-16,18,24-25,39H,10-12,17H2/t24-,25+/m1/s1.